The molecule has 4 heteroatoms. The molecule has 0 aromatic heterocycles. The number of nitrogens with zero attached hydrogens (tertiary/aromatic N) is 1. The second kappa shape index (κ2) is 6.29. The fraction of sp³-hybridized carbons (Fsp3) is 0.0667. The van der Waals surface area contributed by atoms with Crippen LogP contribution in [0.2, 0.25) is 0 Å². The van der Waals surface area contributed by atoms with E-state index in [4.69, 9.17) is 0 Å². The monoisotopic (exact) mass is 316 g/mol. The molecule has 0 unspecified atom stereocenters. The lowest BCUT2D eigenvalue weighted by atomic mass is 10.1. The van der Waals surface area contributed by atoms with Crippen molar-refractivity contribution >= 4 is 28.1 Å². The molecule has 1 N–H and O–H groups in total. The third kappa shape index (κ3) is 3.76. The van der Waals surface area contributed by atoms with E-state index in [1.807, 2.05) is 49.4 Å². The Hall–Kier alpha value is -1.94. The van der Waals surface area contributed by atoms with Crippen molar-refractivity contribution in [3.8, 4) is 0 Å². The first-order chi connectivity index (χ1) is 9.16. The van der Waals surface area contributed by atoms with E-state index in [1.54, 1.807) is 12.3 Å². The Morgan fingerprint density at radius 3 is 2.53 bits per heavy atom. The largest absolute Gasteiger partial charge is 0.271 e. The van der Waals surface area contributed by atoms with Crippen molar-refractivity contribution in [3.05, 3.63) is 69.7 Å². The van der Waals surface area contributed by atoms with E-state index in [1.165, 1.54) is 0 Å². The third-order valence-electron chi connectivity index (χ3n) is 2.64. The van der Waals surface area contributed by atoms with Crippen molar-refractivity contribution in [1.29, 1.82) is 0 Å². The fourth-order valence-electron chi connectivity index (χ4n) is 1.60. The first-order valence-electron chi connectivity index (χ1n) is 5.81. The van der Waals surface area contributed by atoms with E-state index < -0.39 is 0 Å². The highest BCUT2D eigenvalue weighted by Gasteiger charge is 2.05. The molecule has 19 heavy (non-hydrogen) atoms. The third-order valence-corrected chi connectivity index (χ3v) is 3.17. The van der Waals surface area contributed by atoms with Crippen LogP contribution in [0.4, 0.5) is 0 Å². The van der Waals surface area contributed by atoms with Crippen LogP contribution >= 0.6 is 15.9 Å². The number of hydrazone groups is 1. The van der Waals surface area contributed by atoms with Gasteiger partial charge in [0, 0.05) is 10.0 Å². The summed E-state index contributed by atoms with van der Waals surface area (Å²) in [6, 6.07) is 15.1. The van der Waals surface area contributed by atoms with Crippen LogP contribution in [-0.2, 0) is 0 Å². The molecule has 0 saturated carbocycles. The van der Waals surface area contributed by atoms with E-state index in [0.29, 0.717) is 5.56 Å². The number of carbonyl (C=O) groups excluding carboxylic acids is 1. The van der Waals surface area contributed by atoms with Gasteiger partial charge in [-0.15, -0.1) is 0 Å². The van der Waals surface area contributed by atoms with Gasteiger partial charge in [-0.05, 0) is 36.2 Å². The zero-order chi connectivity index (χ0) is 13.7. The predicted molar refractivity (Wildman–Crippen MR) is 80.4 cm³/mol. The minimum Gasteiger partial charge on any atom is -0.267 e. The van der Waals surface area contributed by atoms with Crippen molar-refractivity contribution in [2.24, 2.45) is 5.10 Å². The normalized spacial score (nSPS) is 10.6. The van der Waals surface area contributed by atoms with Crippen molar-refractivity contribution < 1.29 is 4.79 Å². The molecule has 2 aromatic carbocycles. The molecule has 3 nitrogen and oxygen atoms in total. The Morgan fingerprint density at radius 1 is 1.16 bits per heavy atom. The molecule has 2 rings (SSSR count). The van der Waals surface area contributed by atoms with Crippen LogP contribution in [0.25, 0.3) is 0 Å². The average Bonchev–Trinajstić information content (AvgIpc) is 2.41. The van der Waals surface area contributed by atoms with Crippen molar-refractivity contribution in [2.75, 3.05) is 0 Å². The van der Waals surface area contributed by atoms with Crippen molar-refractivity contribution in [3.63, 3.8) is 0 Å². The molecule has 96 valence electrons. The molecule has 0 radical (unpaired) electrons. The number of hydrogen-bond donors (Lipinski definition) is 1. The molecule has 0 fully saturated rings. The lowest BCUT2D eigenvalue weighted by molar-refractivity contribution is 0.0954. The highest BCUT2D eigenvalue weighted by atomic mass is 79.9. The smallest absolute Gasteiger partial charge is 0.267 e. The van der Waals surface area contributed by atoms with Gasteiger partial charge >= 0.3 is 0 Å². The van der Waals surface area contributed by atoms with Gasteiger partial charge in [0.2, 0.25) is 0 Å². The molecular weight excluding hydrogens is 304 g/mol. The Kier molecular flexibility index (Phi) is 4.47. The SMILES string of the molecule is Cc1ccccc1C(=O)N/N=C\c1ccc(Br)cc1. The maximum atomic E-state index is 11.9. The van der Waals surface area contributed by atoms with Gasteiger partial charge in [-0.2, -0.15) is 5.10 Å². The summed E-state index contributed by atoms with van der Waals surface area (Å²) in [5, 5.41) is 3.95. The first kappa shape index (κ1) is 13.5. The molecule has 0 atom stereocenters. The lowest BCUT2D eigenvalue weighted by Crippen LogP contribution is -2.18. The van der Waals surface area contributed by atoms with Gasteiger partial charge < -0.3 is 0 Å². The second-order valence-electron chi connectivity index (χ2n) is 4.07. The summed E-state index contributed by atoms with van der Waals surface area (Å²) in [4.78, 5) is 11.9. The molecule has 0 aliphatic rings. The van der Waals surface area contributed by atoms with Gasteiger partial charge in [0.25, 0.3) is 5.91 Å². The number of amides is 1. The maximum Gasteiger partial charge on any atom is 0.271 e. The number of nitrogens with one attached hydrogen (secondary N) is 1. The molecule has 1 amide bonds. The number of aryl methyl sites for hydroxylation is 1. The summed E-state index contributed by atoms with van der Waals surface area (Å²) >= 11 is 3.36. The summed E-state index contributed by atoms with van der Waals surface area (Å²) in [6.07, 6.45) is 1.61. The number of halogens is 1. The number of rotatable bonds is 3. The quantitative estimate of drug-likeness (QED) is 0.683. The topological polar surface area (TPSA) is 41.5 Å². The first-order valence-corrected chi connectivity index (χ1v) is 6.61. The predicted octanol–water partition coefficient (Wildman–Crippen LogP) is 3.52. The Labute approximate surface area is 120 Å². The number of hydrogen-bond acceptors (Lipinski definition) is 2. The van der Waals surface area contributed by atoms with Gasteiger partial charge in [0.05, 0.1) is 6.21 Å². The standard InChI is InChI=1S/C15H13BrN2O/c1-11-4-2-3-5-14(11)15(19)18-17-10-12-6-8-13(16)9-7-12/h2-10H,1H3,(H,18,19)/b17-10-. The molecular formula is C15H13BrN2O. The zero-order valence-corrected chi connectivity index (χ0v) is 12.0. The lowest BCUT2D eigenvalue weighted by Gasteiger charge is -2.02. The van der Waals surface area contributed by atoms with Gasteiger partial charge in [-0.1, -0.05) is 46.3 Å². The van der Waals surface area contributed by atoms with Crippen molar-refractivity contribution in [1.82, 2.24) is 5.43 Å². The average molecular weight is 317 g/mol. The summed E-state index contributed by atoms with van der Waals surface area (Å²) in [6.45, 7) is 1.90. The number of carbonyl (C=O) groups is 1. The van der Waals surface area contributed by atoms with Crippen LogP contribution in [0.5, 0.6) is 0 Å². The number of benzene rings is 2. The summed E-state index contributed by atoms with van der Waals surface area (Å²) in [5.41, 5.74) is 5.01. The van der Waals surface area contributed by atoms with Crippen molar-refractivity contribution in [2.45, 2.75) is 6.92 Å². The van der Waals surface area contributed by atoms with Crippen LogP contribution in [0.3, 0.4) is 0 Å². The summed E-state index contributed by atoms with van der Waals surface area (Å²) < 4.78 is 1.01. The van der Waals surface area contributed by atoms with Gasteiger partial charge in [0.1, 0.15) is 0 Å². The van der Waals surface area contributed by atoms with E-state index in [2.05, 4.69) is 26.5 Å². The molecule has 0 spiro atoms. The Morgan fingerprint density at radius 2 is 1.84 bits per heavy atom. The van der Waals surface area contributed by atoms with E-state index in [9.17, 15) is 4.79 Å². The molecule has 0 heterocycles. The molecule has 2 aromatic rings. The minimum absolute atomic E-state index is 0.202. The van der Waals surface area contributed by atoms with Crippen LogP contribution in [-0.4, -0.2) is 12.1 Å². The molecule has 0 aliphatic heterocycles. The fourth-order valence-corrected chi connectivity index (χ4v) is 1.87. The molecule has 0 aliphatic carbocycles. The second-order valence-corrected chi connectivity index (χ2v) is 4.98. The zero-order valence-electron chi connectivity index (χ0n) is 10.4. The van der Waals surface area contributed by atoms with Gasteiger partial charge in [0.15, 0.2) is 0 Å². The van der Waals surface area contributed by atoms with Crippen LogP contribution < -0.4 is 5.43 Å². The van der Waals surface area contributed by atoms with Crippen LogP contribution in [0, 0.1) is 6.92 Å². The maximum absolute atomic E-state index is 11.9. The minimum atomic E-state index is -0.202. The highest BCUT2D eigenvalue weighted by Crippen LogP contribution is 2.09. The van der Waals surface area contributed by atoms with Gasteiger partial charge in [-0.3, -0.25) is 4.79 Å². The van der Waals surface area contributed by atoms with Crippen LogP contribution in [0.15, 0.2) is 58.1 Å². The Balaban J connectivity index is 2.01. The van der Waals surface area contributed by atoms with E-state index in [0.717, 1.165) is 15.6 Å². The summed E-state index contributed by atoms with van der Waals surface area (Å²) in [7, 11) is 0. The molecule has 0 bridgehead atoms. The Bertz CT molecular complexity index is 606. The van der Waals surface area contributed by atoms with Crippen LogP contribution in [0.1, 0.15) is 21.5 Å². The van der Waals surface area contributed by atoms with E-state index in [-0.39, 0.29) is 5.91 Å². The highest BCUT2D eigenvalue weighted by molar-refractivity contribution is 9.10. The van der Waals surface area contributed by atoms with Gasteiger partial charge in [-0.25, -0.2) is 5.43 Å². The molecule has 0 saturated heterocycles. The summed E-state index contributed by atoms with van der Waals surface area (Å²) in [5.74, 6) is -0.202. The van der Waals surface area contributed by atoms with E-state index >= 15 is 0 Å².